The van der Waals surface area contributed by atoms with Gasteiger partial charge in [-0.05, 0) is 42.8 Å². The monoisotopic (exact) mass is 271 g/mol. The van der Waals surface area contributed by atoms with Crippen molar-refractivity contribution in [2.75, 3.05) is 0 Å². The molecule has 0 spiro atoms. The summed E-state index contributed by atoms with van der Waals surface area (Å²) in [6, 6.07) is 9.20. The zero-order valence-electron chi connectivity index (χ0n) is 10.6. The summed E-state index contributed by atoms with van der Waals surface area (Å²) in [7, 11) is 0. The van der Waals surface area contributed by atoms with E-state index in [9.17, 15) is 9.18 Å². The second-order valence-electron chi connectivity index (χ2n) is 4.44. The number of benzene rings is 2. The Morgan fingerprint density at radius 1 is 1.30 bits per heavy atom. The van der Waals surface area contributed by atoms with Crippen molar-refractivity contribution in [1.29, 1.82) is 0 Å². The summed E-state index contributed by atoms with van der Waals surface area (Å²) >= 11 is 0. The maximum atomic E-state index is 13.3. The van der Waals surface area contributed by atoms with E-state index in [4.69, 9.17) is 9.52 Å². The lowest BCUT2D eigenvalue weighted by Gasteiger charge is -1.98. The zero-order chi connectivity index (χ0) is 14.3. The molecule has 2 aromatic carbocycles. The van der Waals surface area contributed by atoms with Crippen molar-refractivity contribution < 1.29 is 18.7 Å². The van der Waals surface area contributed by atoms with E-state index in [1.807, 2.05) is 0 Å². The molecule has 3 aromatic rings. The Hall–Kier alpha value is -2.69. The van der Waals surface area contributed by atoms with Crippen molar-refractivity contribution in [1.82, 2.24) is 4.98 Å². The molecule has 0 aliphatic heterocycles. The highest BCUT2D eigenvalue weighted by Crippen LogP contribution is 2.27. The molecule has 0 atom stereocenters. The van der Waals surface area contributed by atoms with E-state index in [-0.39, 0.29) is 22.8 Å². The molecule has 100 valence electrons. The van der Waals surface area contributed by atoms with Gasteiger partial charge in [0.2, 0.25) is 5.89 Å². The lowest BCUT2D eigenvalue weighted by Crippen LogP contribution is -1.96. The normalized spacial score (nSPS) is 10.9. The highest BCUT2D eigenvalue weighted by molar-refractivity contribution is 6.00. The van der Waals surface area contributed by atoms with Crippen LogP contribution in [0, 0.1) is 12.7 Å². The minimum Gasteiger partial charge on any atom is -0.478 e. The van der Waals surface area contributed by atoms with Gasteiger partial charge in [-0.25, -0.2) is 14.2 Å². The van der Waals surface area contributed by atoms with Crippen molar-refractivity contribution in [2.45, 2.75) is 6.92 Å². The first kappa shape index (κ1) is 12.3. The molecule has 0 aliphatic carbocycles. The van der Waals surface area contributed by atoms with Crippen LogP contribution in [0.5, 0.6) is 0 Å². The maximum Gasteiger partial charge on any atom is 0.338 e. The molecule has 0 fully saturated rings. The summed E-state index contributed by atoms with van der Waals surface area (Å²) in [6.07, 6.45) is 0. The second kappa shape index (κ2) is 4.45. The van der Waals surface area contributed by atoms with Gasteiger partial charge in [0.25, 0.3) is 0 Å². The number of hydrogen-bond donors (Lipinski definition) is 1. The average molecular weight is 271 g/mol. The standard InChI is InChI=1S/C15H10FNO3/c1-8-7-9(5-6-11(8)16)14-17-13-10(15(18)19)3-2-4-12(13)20-14/h2-7H,1H3,(H,18,19). The van der Waals surface area contributed by atoms with Crippen LogP contribution < -0.4 is 0 Å². The van der Waals surface area contributed by atoms with Gasteiger partial charge in [-0.3, -0.25) is 0 Å². The molecule has 0 saturated carbocycles. The largest absolute Gasteiger partial charge is 0.478 e. The molecule has 1 N–H and O–H groups in total. The van der Waals surface area contributed by atoms with Crippen LogP contribution in [-0.2, 0) is 0 Å². The molecule has 4 nitrogen and oxygen atoms in total. The summed E-state index contributed by atoms with van der Waals surface area (Å²) in [5.41, 5.74) is 1.84. The van der Waals surface area contributed by atoms with Gasteiger partial charge in [0.1, 0.15) is 11.3 Å². The molecule has 20 heavy (non-hydrogen) atoms. The number of aromatic nitrogens is 1. The lowest BCUT2D eigenvalue weighted by atomic mass is 10.1. The van der Waals surface area contributed by atoms with Crippen LogP contribution >= 0.6 is 0 Å². The van der Waals surface area contributed by atoms with Crippen molar-refractivity contribution in [3.63, 3.8) is 0 Å². The van der Waals surface area contributed by atoms with Gasteiger partial charge < -0.3 is 9.52 Å². The third-order valence-corrected chi connectivity index (χ3v) is 3.05. The first-order chi connectivity index (χ1) is 9.56. The minimum atomic E-state index is -1.06. The second-order valence-corrected chi connectivity index (χ2v) is 4.44. The van der Waals surface area contributed by atoms with E-state index in [1.54, 1.807) is 31.2 Å². The van der Waals surface area contributed by atoms with Crippen molar-refractivity contribution in [3.8, 4) is 11.5 Å². The van der Waals surface area contributed by atoms with Gasteiger partial charge in [0.05, 0.1) is 5.56 Å². The summed E-state index contributed by atoms with van der Waals surface area (Å²) in [4.78, 5) is 15.3. The van der Waals surface area contributed by atoms with Crippen molar-refractivity contribution in [2.24, 2.45) is 0 Å². The summed E-state index contributed by atoms with van der Waals surface area (Å²) < 4.78 is 18.8. The van der Waals surface area contributed by atoms with E-state index in [2.05, 4.69) is 4.98 Å². The SMILES string of the molecule is Cc1cc(-c2nc3c(C(=O)O)cccc3o2)ccc1F. The fourth-order valence-corrected chi connectivity index (χ4v) is 2.02. The zero-order valence-corrected chi connectivity index (χ0v) is 10.6. The Kier molecular flexibility index (Phi) is 2.75. The number of carboxylic acids is 1. The number of carboxylic acid groups (broad SMARTS) is 1. The molecule has 1 heterocycles. The molecule has 3 rings (SSSR count). The van der Waals surface area contributed by atoms with Gasteiger partial charge in [-0.1, -0.05) is 6.07 Å². The third-order valence-electron chi connectivity index (χ3n) is 3.05. The molecule has 0 bridgehead atoms. The Bertz CT molecular complexity index is 823. The molecule has 5 heteroatoms. The van der Waals surface area contributed by atoms with Gasteiger partial charge in [-0.2, -0.15) is 0 Å². The van der Waals surface area contributed by atoms with Crippen molar-refractivity contribution in [3.05, 3.63) is 53.3 Å². The average Bonchev–Trinajstić information content (AvgIpc) is 2.85. The molecule has 1 aromatic heterocycles. The highest BCUT2D eigenvalue weighted by atomic mass is 19.1. The number of hydrogen-bond acceptors (Lipinski definition) is 3. The van der Waals surface area contributed by atoms with Gasteiger partial charge in [0, 0.05) is 5.56 Å². The number of para-hydroxylation sites is 1. The fourth-order valence-electron chi connectivity index (χ4n) is 2.02. The van der Waals surface area contributed by atoms with E-state index in [0.29, 0.717) is 16.7 Å². The third kappa shape index (κ3) is 1.93. The van der Waals surface area contributed by atoms with Crippen LogP contribution in [0.15, 0.2) is 40.8 Å². The molecule has 0 amide bonds. The smallest absolute Gasteiger partial charge is 0.338 e. The molecular formula is C15H10FNO3. The number of fused-ring (bicyclic) bond motifs is 1. The van der Waals surface area contributed by atoms with E-state index < -0.39 is 5.97 Å². The molecule has 0 radical (unpaired) electrons. The number of oxazole rings is 1. The summed E-state index contributed by atoms with van der Waals surface area (Å²) in [6.45, 7) is 1.64. The Morgan fingerprint density at radius 2 is 2.10 bits per heavy atom. The van der Waals surface area contributed by atoms with Gasteiger partial charge in [-0.15, -0.1) is 0 Å². The van der Waals surface area contributed by atoms with Crippen LogP contribution in [0.25, 0.3) is 22.6 Å². The molecular weight excluding hydrogens is 261 g/mol. The molecule has 0 aliphatic rings. The van der Waals surface area contributed by atoms with Gasteiger partial charge in [0.15, 0.2) is 5.58 Å². The predicted molar refractivity (Wildman–Crippen MR) is 71.1 cm³/mol. The van der Waals surface area contributed by atoms with Crippen LogP contribution in [0.4, 0.5) is 4.39 Å². The summed E-state index contributed by atoms with van der Waals surface area (Å²) in [5, 5.41) is 9.11. The topological polar surface area (TPSA) is 63.3 Å². The number of carbonyl (C=O) groups is 1. The van der Waals surface area contributed by atoms with Crippen LogP contribution in [0.1, 0.15) is 15.9 Å². The lowest BCUT2D eigenvalue weighted by molar-refractivity contribution is 0.0699. The molecule has 0 unspecified atom stereocenters. The number of nitrogens with zero attached hydrogens (tertiary/aromatic N) is 1. The number of aryl methyl sites for hydroxylation is 1. The number of halogens is 1. The van der Waals surface area contributed by atoms with Crippen LogP contribution in [0.2, 0.25) is 0 Å². The Balaban J connectivity index is 2.20. The quantitative estimate of drug-likeness (QED) is 0.772. The predicted octanol–water partition coefficient (Wildman–Crippen LogP) is 3.64. The fraction of sp³-hybridized carbons (Fsp3) is 0.0667. The van der Waals surface area contributed by atoms with E-state index in [0.717, 1.165) is 0 Å². The molecule has 0 saturated heterocycles. The Labute approximate surface area is 113 Å². The van der Waals surface area contributed by atoms with Crippen LogP contribution in [-0.4, -0.2) is 16.1 Å². The van der Waals surface area contributed by atoms with Gasteiger partial charge >= 0.3 is 5.97 Å². The highest BCUT2D eigenvalue weighted by Gasteiger charge is 2.15. The van der Waals surface area contributed by atoms with E-state index >= 15 is 0 Å². The van der Waals surface area contributed by atoms with Crippen molar-refractivity contribution >= 4 is 17.1 Å². The first-order valence-corrected chi connectivity index (χ1v) is 5.95. The summed E-state index contributed by atoms with van der Waals surface area (Å²) in [5.74, 6) is -1.10. The van der Waals surface area contributed by atoms with Crippen LogP contribution in [0.3, 0.4) is 0 Å². The Morgan fingerprint density at radius 3 is 2.80 bits per heavy atom. The van der Waals surface area contributed by atoms with E-state index in [1.165, 1.54) is 12.1 Å². The first-order valence-electron chi connectivity index (χ1n) is 5.95. The number of aromatic carboxylic acids is 1. The number of rotatable bonds is 2. The maximum absolute atomic E-state index is 13.3. The minimum absolute atomic E-state index is 0.0799.